The standard InChI is InChI=1S/C2H6OS2/c1-2-5(3)4/h2H2,1H3,(H,3,4)/p-1. The molecular weight excluding hydrogens is 104 g/mol. The second kappa shape index (κ2) is 2.75. The largest absolute Gasteiger partial charge is 0.794 e. The highest BCUT2D eigenvalue weighted by atomic mass is 32.8. The quantitative estimate of drug-likeness (QED) is 0.480. The normalized spacial score (nSPS) is 14.8. The van der Waals surface area contributed by atoms with E-state index in [4.69, 9.17) is 0 Å². The molecule has 0 aromatic heterocycles. The maximum absolute atomic E-state index is 9.74. The van der Waals surface area contributed by atoms with Crippen molar-refractivity contribution in [3.05, 3.63) is 0 Å². The van der Waals surface area contributed by atoms with Gasteiger partial charge < -0.3 is 4.55 Å². The Morgan fingerprint density at radius 3 is 2.20 bits per heavy atom. The van der Waals surface area contributed by atoms with Crippen LogP contribution in [0.15, 0.2) is 0 Å². The van der Waals surface area contributed by atoms with Crippen molar-refractivity contribution >= 4 is 20.9 Å². The van der Waals surface area contributed by atoms with Crippen LogP contribution in [0.2, 0.25) is 0 Å². The lowest BCUT2D eigenvalue weighted by atomic mass is 11.0. The van der Waals surface area contributed by atoms with Gasteiger partial charge in [0.15, 0.2) is 0 Å². The van der Waals surface area contributed by atoms with Crippen LogP contribution in [0.4, 0.5) is 0 Å². The van der Waals surface area contributed by atoms with E-state index in [0.29, 0.717) is 5.75 Å². The first-order valence-electron chi connectivity index (χ1n) is 1.33. The fourth-order valence-electron chi connectivity index (χ4n) is 0. The van der Waals surface area contributed by atoms with Crippen molar-refractivity contribution in [1.29, 1.82) is 0 Å². The van der Waals surface area contributed by atoms with Crippen LogP contribution in [0.25, 0.3) is 0 Å². The predicted octanol–water partition coefficient (Wildman–Crippen LogP) is 0.217. The molecule has 0 heterocycles. The first-order chi connectivity index (χ1) is 2.27. The third-order valence-electron chi connectivity index (χ3n) is 0.236. The van der Waals surface area contributed by atoms with Crippen molar-refractivity contribution in [1.82, 2.24) is 0 Å². The fourth-order valence-corrected chi connectivity index (χ4v) is 0. The Hall–Kier alpha value is 0.530. The smallest absolute Gasteiger partial charge is 0.0184 e. The number of hydrogen-bond donors (Lipinski definition) is 0. The third-order valence-corrected chi connectivity index (χ3v) is 1.41. The molecule has 0 aliphatic rings. The van der Waals surface area contributed by atoms with Crippen molar-refractivity contribution < 1.29 is 4.55 Å². The molecule has 0 aliphatic carbocycles. The molecule has 0 saturated heterocycles. The first kappa shape index (κ1) is 5.53. The molecule has 0 N–H and O–H groups in total. The number of hydrogen-bond acceptors (Lipinski definition) is 2. The van der Waals surface area contributed by atoms with E-state index in [1.54, 1.807) is 6.92 Å². The molecule has 0 bridgehead atoms. The SMILES string of the molecule is CCS([O-])=S. The Bertz CT molecular complexity index is 42.9. The van der Waals surface area contributed by atoms with E-state index in [0.717, 1.165) is 0 Å². The summed E-state index contributed by atoms with van der Waals surface area (Å²) in [7, 11) is -0.989. The lowest BCUT2D eigenvalue weighted by molar-refractivity contribution is 0.612. The summed E-state index contributed by atoms with van der Waals surface area (Å²) in [6.45, 7) is 1.79. The minimum atomic E-state index is -0.989. The highest BCUT2D eigenvalue weighted by Crippen LogP contribution is 1.65. The van der Waals surface area contributed by atoms with Gasteiger partial charge in [-0.05, 0) is 5.75 Å². The lowest BCUT2D eigenvalue weighted by Crippen LogP contribution is -1.83. The molecule has 0 aliphatic heterocycles. The van der Waals surface area contributed by atoms with Gasteiger partial charge in [0.05, 0.1) is 0 Å². The van der Waals surface area contributed by atoms with Gasteiger partial charge in [-0.3, -0.25) is 0 Å². The van der Waals surface area contributed by atoms with Crippen LogP contribution in [0.1, 0.15) is 6.92 Å². The molecule has 0 aromatic rings. The van der Waals surface area contributed by atoms with Gasteiger partial charge in [-0.25, -0.2) is 9.74 Å². The van der Waals surface area contributed by atoms with Gasteiger partial charge in [-0.1, -0.05) is 18.1 Å². The van der Waals surface area contributed by atoms with Crippen LogP contribution in [-0.4, -0.2) is 10.3 Å². The van der Waals surface area contributed by atoms with Crippen LogP contribution in [-0.2, 0) is 20.9 Å². The minimum Gasteiger partial charge on any atom is -0.794 e. The molecule has 3 heteroatoms. The lowest BCUT2D eigenvalue weighted by Gasteiger charge is -1.99. The van der Waals surface area contributed by atoms with Gasteiger partial charge in [-0.15, -0.1) is 0 Å². The van der Waals surface area contributed by atoms with Gasteiger partial charge in [-0.2, -0.15) is 0 Å². The van der Waals surface area contributed by atoms with Crippen molar-refractivity contribution in [2.75, 3.05) is 5.75 Å². The Kier molecular flexibility index (Phi) is 3.04. The summed E-state index contributed by atoms with van der Waals surface area (Å²) in [4.78, 5) is 0. The summed E-state index contributed by atoms with van der Waals surface area (Å²) in [5.74, 6) is 0.593. The highest BCUT2D eigenvalue weighted by molar-refractivity contribution is 8.25. The Labute approximate surface area is 38.8 Å². The van der Waals surface area contributed by atoms with E-state index in [1.807, 2.05) is 0 Å². The van der Waals surface area contributed by atoms with E-state index in [1.165, 1.54) is 0 Å². The van der Waals surface area contributed by atoms with E-state index in [2.05, 4.69) is 11.2 Å². The van der Waals surface area contributed by atoms with Gasteiger partial charge >= 0.3 is 0 Å². The summed E-state index contributed by atoms with van der Waals surface area (Å²) in [6.07, 6.45) is 0. The van der Waals surface area contributed by atoms with Crippen molar-refractivity contribution in [2.45, 2.75) is 6.92 Å². The molecule has 0 rings (SSSR count). The maximum atomic E-state index is 9.74. The van der Waals surface area contributed by atoms with Gasteiger partial charge in [0, 0.05) is 0 Å². The molecule has 0 aromatic carbocycles. The molecule has 1 nitrogen and oxygen atoms in total. The average molecular weight is 109 g/mol. The zero-order chi connectivity index (χ0) is 4.28. The summed E-state index contributed by atoms with van der Waals surface area (Å²) in [5.41, 5.74) is 0. The maximum Gasteiger partial charge on any atom is -0.0184 e. The zero-order valence-electron chi connectivity index (χ0n) is 2.93. The molecular formula is C2H5OS2-. The molecule has 1 unspecified atom stereocenters. The van der Waals surface area contributed by atoms with E-state index < -0.39 is 9.74 Å². The molecule has 0 fully saturated rings. The molecule has 0 spiro atoms. The van der Waals surface area contributed by atoms with E-state index in [-0.39, 0.29) is 0 Å². The van der Waals surface area contributed by atoms with Crippen LogP contribution in [0.3, 0.4) is 0 Å². The molecule has 32 valence electrons. The van der Waals surface area contributed by atoms with Gasteiger partial charge in [0.2, 0.25) is 0 Å². The predicted molar refractivity (Wildman–Crippen MR) is 26.0 cm³/mol. The summed E-state index contributed by atoms with van der Waals surface area (Å²) in [5, 5.41) is 0. The van der Waals surface area contributed by atoms with Gasteiger partial charge in [0.1, 0.15) is 0 Å². The Balaban J connectivity index is 2.85. The van der Waals surface area contributed by atoms with E-state index in [9.17, 15) is 4.55 Å². The molecule has 0 amide bonds. The van der Waals surface area contributed by atoms with Crippen LogP contribution in [0.5, 0.6) is 0 Å². The summed E-state index contributed by atoms with van der Waals surface area (Å²) < 4.78 is 9.74. The van der Waals surface area contributed by atoms with Gasteiger partial charge in [0.25, 0.3) is 0 Å². The second-order valence-electron chi connectivity index (χ2n) is 0.592. The van der Waals surface area contributed by atoms with Crippen LogP contribution < -0.4 is 0 Å². The second-order valence-corrected chi connectivity index (χ2v) is 2.89. The van der Waals surface area contributed by atoms with Crippen LogP contribution >= 0.6 is 0 Å². The molecule has 0 radical (unpaired) electrons. The van der Waals surface area contributed by atoms with Crippen molar-refractivity contribution in [3.8, 4) is 0 Å². The fraction of sp³-hybridized carbons (Fsp3) is 1.00. The Morgan fingerprint density at radius 1 is 2.00 bits per heavy atom. The molecule has 0 saturated carbocycles. The van der Waals surface area contributed by atoms with Crippen molar-refractivity contribution in [2.24, 2.45) is 0 Å². The summed E-state index contributed by atoms with van der Waals surface area (Å²) >= 11 is 4.25. The summed E-state index contributed by atoms with van der Waals surface area (Å²) in [6, 6.07) is 0. The molecule has 5 heavy (non-hydrogen) atoms. The number of rotatable bonds is 1. The topological polar surface area (TPSA) is 23.1 Å². The van der Waals surface area contributed by atoms with Crippen molar-refractivity contribution in [3.63, 3.8) is 0 Å². The third kappa shape index (κ3) is 4.53. The Morgan fingerprint density at radius 2 is 2.20 bits per heavy atom. The minimum absolute atomic E-state index is 0.593. The molecule has 1 atom stereocenters. The first-order valence-corrected chi connectivity index (χ1v) is 3.57. The highest BCUT2D eigenvalue weighted by Gasteiger charge is 1.56. The van der Waals surface area contributed by atoms with Crippen LogP contribution in [0, 0.1) is 0 Å². The zero-order valence-corrected chi connectivity index (χ0v) is 4.56. The monoisotopic (exact) mass is 109 g/mol. The average Bonchev–Trinajstić information content (AvgIpc) is 1.38. The van der Waals surface area contributed by atoms with E-state index >= 15 is 0 Å².